The Morgan fingerprint density at radius 1 is 1.29 bits per heavy atom. The van der Waals surface area contributed by atoms with Crippen LogP contribution in [0.25, 0.3) is 6.08 Å². The fourth-order valence-corrected chi connectivity index (χ4v) is 1.77. The van der Waals surface area contributed by atoms with Crippen LogP contribution in [0.5, 0.6) is 0 Å². The fraction of sp³-hybridized carbons (Fsp3) is 0.429. The summed E-state index contributed by atoms with van der Waals surface area (Å²) in [6.07, 6.45) is 5.68. The van der Waals surface area contributed by atoms with E-state index in [4.69, 9.17) is 0 Å². The minimum atomic E-state index is 1.19. The molecule has 0 atom stereocenters. The predicted molar refractivity (Wildman–Crippen MR) is 64.6 cm³/mol. The minimum Gasteiger partial charge on any atom is -0.0985 e. The van der Waals surface area contributed by atoms with Crippen molar-refractivity contribution >= 4 is 6.08 Å². The Balaban J connectivity index is 3.07. The van der Waals surface area contributed by atoms with Crippen LogP contribution in [0.4, 0.5) is 0 Å². The van der Waals surface area contributed by atoms with E-state index in [1.807, 2.05) is 6.08 Å². The molecule has 1 aromatic carbocycles. The van der Waals surface area contributed by atoms with Gasteiger partial charge in [-0.3, -0.25) is 0 Å². The quantitative estimate of drug-likeness (QED) is 0.661. The van der Waals surface area contributed by atoms with Gasteiger partial charge in [-0.15, -0.1) is 0 Å². The van der Waals surface area contributed by atoms with E-state index in [2.05, 4.69) is 39.5 Å². The summed E-state index contributed by atoms with van der Waals surface area (Å²) in [7, 11) is 0. The zero-order valence-electron chi connectivity index (χ0n) is 9.56. The zero-order valence-corrected chi connectivity index (χ0v) is 9.56. The molecule has 0 aliphatic rings. The first-order valence-corrected chi connectivity index (χ1v) is 5.42. The molecule has 0 unspecified atom stereocenters. The normalized spacial score (nSPS) is 10.2. The van der Waals surface area contributed by atoms with Crippen molar-refractivity contribution < 1.29 is 0 Å². The van der Waals surface area contributed by atoms with Crippen LogP contribution in [0, 0.1) is 13.8 Å². The third-order valence-corrected chi connectivity index (χ3v) is 2.91. The summed E-state index contributed by atoms with van der Waals surface area (Å²) in [6, 6.07) is 4.36. The van der Waals surface area contributed by atoms with E-state index in [-0.39, 0.29) is 0 Å². The van der Waals surface area contributed by atoms with Gasteiger partial charge in [0.2, 0.25) is 0 Å². The van der Waals surface area contributed by atoms with Crippen LogP contribution < -0.4 is 0 Å². The Labute approximate surface area is 87.7 Å². The van der Waals surface area contributed by atoms with Crippen molar-refractivity contribution in [2.45, 2.75) is 40.0 Å². The molecule has 0 radical (unpaired) electrons. The largest absolute Gasteiger partial charge is 0.0985 e. The molecule has 76 valence electrons. The molecule has 0 nitrogen and oxygen atoms in total. The van der Waals surface area contributed by atoms with Crippen molar-refractivity contribution in [3.8, 4) is 0 Å². The van der Waals surface area contributed by atoms with Crippen LogP contribution in [0.15, 0.2) is 18.7 Å². The second kappa shape index (κ2) is 4.99. The van der Waals surface area contributed by atoms with Crippen LogP contribution >= 0.6 is 0 Å². The second-order valence-electron chi connectivity index (χ2n) is 3.88. The highest BCUT2D eigenvalue weighted by molar-refractivity contribution is 5.56. The molecule has 0 amide bonds. The van der Waals surface area contributed by atoms with E-state index in [1.54, 1.807) is 0 Å². The highest BCUT2D eigenvalue weighted by Crippen LogP contribution is 2.21. The number of hydrogen-bond donors (Lipinski definition) is 0. The Hall–Kier alpha value is -1.04. The van der Waals surface area contributed by atoms with E-state index in [9.17, 15) is 0 Å². The van der Waals surface area contributed by atoms with Gasteiger partial charge in [-0.25, -0.2) is 0 Å². The maximum Gasteiger partial charge on any atom is -0.0228 e. The van der Waals surface area contributed by atoms with E-state index < -0.39 is 0 Å². The van der Waals surface area contributed by atoms with E-state index in [0.717, 1.165) is 0 Å². The Bertz CT molecular complexity index is 321. The molecule has 0 saturated heterocycles. The molecule has 0 aromatic heterocycles. The molecular formula is C14H20. The number of aryl methyl sites for hydroxylation is 1. The summed E-state index contributed by atoms with van der Waals surface area (Å²) in [4.78, 5) is 0. The first kappa shape index (κ1) is 11.0. The van der Waals surface area contributed by atoms with E-state index >= 15 is 0 Å². The fourth-order valence-electron chi connectivity index (χ4n) is 1.77. The van der Waals surface area contributed by atoms with Crippen LogP contribution in [0.1, 0.15) is 42.0 Å². The maximum absolute atomic E-state index is 3.87. The molecule has 0 spiro atoms. The molecule has 0 aliphatic carbocycles. The summed E-state index contributed by atoms with van der Waals surface area (Å²) in [5.41, 5.74) is 5.63. The van der Waals surface area contributed by atoms with Gasteiger partial charge >= 0.3 is 0 Å². The molecule has 1 aromatic rings. The van der Waals surface area contributed by atoms with Crippen LogP contribution in [-0.4, -0.2) is 0 Å². The second-order valence-corrected chi connectivity index (χ2v) is 3.88. The van der Waals surface area contributed by atoms with Gasteiger partial charge in [0, 0.05) is 0 Å². The van der Waals surface area contributed by atoms with Crippen molar-refractivity contribution in [2.24, 2.45) is 0 Å². The standard InChI is InChI=1S/C14H20/c1-5-7-8-14-12(4)11(3)9-10-13(14)6-2/h6,9-10H,2,5,7-8H2,1,3-4H3. The van der Waals surface area contributed by atoms with Crippen LogP contribution in [0.3, 0.4) is 0 Å². The molecular weight excluding hydrogens is 168 g/mol. The summed E-state index contributed by atoms with van der Waals surface area (Å²) in [6.45, 7) is 10.5. The molecule has 0 saturated carbocycles. The lowest BCUT2D eigenvalue weighted by atomic mass is 9.94. The molecule has 1 rings (SSSR count). The molecule has 0 aliphatic heterocycles. The van der Waals surface area contributed by atoms with Crippen molar-refractivity contribution in [3.05, 3.63) is 41.0 Å². The Kier molecular flexibility index (Phi) is 3.94. The summed E-state index contributed by atoms with van der Waals surface area (Å²) < 4.78 is 0. The number of benzene rings is 1. The van der Waals surface area contributed by atoms with Gasteiger partial charge in [0.05, 0.1) is 0 Å². The van der Waals surface area contributed by atoms with Gasteiger partial charge in [0.25, 0.3) is 0 Å². The monoisotopic (exact) mass is 188 g/mol. The van der Waals surface area contributed by atoms with Gasteiger partial charge < -0.3 is 0 Å². The molecule has 0 heterocycles. The van der Waals surface area contributed by atoms with Crippen LogP contribution in [-0.2, 0) is 6.42 Å². The van der Waals surface area contributed by atoms with E-state index in [0.29, 0.717) is 0 Å². The van der Waals surface area contributed by atoms with Crippen molar-refractivity contribution in [1.82, 2.24) is 0 Å². The van der Waals surface area contributed by atoms with E-state index in [1.165, 1.54) is 41.5 Å². The Morgan fingerprint density at radius 3 is 2.57 bits per heavy atom. The average molecular weight is 188 g/mol. The lowest BCUT2D eigenvalue weighted by molar-refractivity contribution is 0.789. The summed E-state index contributed by atoms with van der Waals surface area (Å²) >= 11 is 0. The number of unbranched alkanes of at least 4 members (excludes halogenated alkanes) is 1. The van der Waals surface area contributed by atoms with Crippen molar-refractivity contribution in [2.75, 3.05) is 0 Å². The number of hydrogen-bond acceptors (Lipinski definition) is 0. The summed E-state index contributed by atoms with van der Waals surface area (Å²) in [5, 5.41) is 0. The topological polar surface area (TPSA) is 0 Å². The third-order valence-electron chi connectivity index (χ3n) is 2.91. The first-order chi connectivity index (χ1) is 6.70. The SMILES string of the molecule is C=Cc1ccc(C)c(C)c1CCCC. The highest BCUT2D eigenvalue weighted by atomic mass is 14.1. The smallest absolute Gasteiger partial charge is 0.0228 e. The van der Waals surface area contributed by atoms with Crippen LogP contribution in [0.2, 0.25) is 0 Å². The molecule has 0 bridgehead atoms. The lowest BCUT2D eigenvalue weighted by Crippen LogP contribution is -1.96. The van der Waals surface area contributed by atoms with Crippen molar-refractivity contribution in [1.29, 1.82) is 0 Å². The van der Waals surface area contributed by atoms with Gasteiger partial charge in [0.15, 0.2) is 0 Å². The van der Waals surface area contributed by atoms with Gasteiger partial charge in [-0.05, 0) is 48.9 Å². The average Bonchev–Trinajstić information content (AvgIpc) is 2.20. The lowest BCUT2D eigenvalue weighted by Gasteiger charge is -2.11. The maximum atomic E-state index is 3.87. The zero-order chi connectivity index (χ0) is 10.6. The minimum absolute atomic E-state index is 1.19. The number of rotatable bonds is 4. The molecule has 0 fully saturated rings. The third kappa shape index (κ3) is 2.25. The first-order valence-electron chi connectivity index (χ1n) is 5.42. The Morgan fingerprint density at radius 2 is 2.00 bits per heavy atom. The van der Waals surface area contributed by atoms with Gasteiger partial charge in [-0.1, -0.05) is 38.1 Å². The van der Waals surface area contributed by atoms with Gasteiger partial charge in [-0.2, -0.15) is 0 Å². The predicted octanol–water partition coefficient (Wildman–Crippen LogP) is 4.29. The summed E-state index contributed by atoms with van der Waals surface area (Å²) in [5.74, 6) is 0. The molecule has 0 N–H and O–H groups in total. The molecule has 0 heteroatoms. The molecule has 14 heavy (non-hydrogen) atoms. The van der Waals surface area contributed by atoms with Crippen molar-refractivity contribution in [3.63, 3.8) is 0 Å². The highest BCUT2D eigenvalue weighted by Gasteiger charge is 2.04. The van der Waals surface area contributed by atoms with Gasteiger partial charge in [0.1, 0.15) is 0 Å².